The highest BCUT2D eigenvalue weighted by molar-refractivity contribution is 5.76. The normalized spacial score (nSPS) is 11.8. The Morgan fingerprint density at radius 3 is 2.50 bits per heavy atom. The third-order valence-electron chi connectivity index (χ3n) is 4.24. The molecule has 2 aromatic carbocycles. The van der Waals surface area contributed by atoms with Crippen LogP contribution in [0.3, 0.4) is 0 Å². The minimum absolute atomic E-state index is 0.0758. The maximum Gasteiger partial charge on any atom is 0.220 e. The van der Waals surface area contributed by atoms with E-state index in [4.69, 9.17) is 4.74 Å². The molecule has 0 spiro atoms. The van der Waals surface area contributed by atoms with Gasteiger partial charge in [0.25, 0.3) is 0 Å². The zero-order valence-corrected chi connectivity index (χ0v) is 14.8. The predicted octanol–water partition coefficient (Wildman–Crippen LogP) is 4.73. The van der Waals surface area contributed by atoms with Gasteiger partial charge in [-0.15, -0.1) is 0 Å². The molecule has 1 atom stereocenters. The summed E-state index contributed by atoms with van der Waals surface area (Å²) in [4.78, 5) is 12.2. The second kappa shape index (κ2) is 9.11. The summed E-state index contributed by atoms with van der Waals surface area (Å²) in [5.74, 6) is 0.927. The number of nitrogens with one attached hydrogen (secondary N) is 1. The van der Waals surface area contributed by atoms with E-state index in [1.54, 1.807) is 0 Å². The van der Waals surface area contributed by atoms with Crippen molar-refractivity contribution < 1.29 is 9.53 Å². The summed E-state index contributed by atoms with van der Waals surface area (Å²) in [6.07, 6.45) is 2.08. The molecule has 3 nitrogen and oxygen atoms in total. The molecule has 1 amide bonds. The van der Waals surface area contributed by atoms with Gasteiger partial charge < -0.3 is 10.1 Å². The standard InChI is InChI=1S/C21H27NO2/c1-4-20(18-13-12-16(2)17(3)15-18)22-21(23)11-8-14-24-19-9-6-5-7-10-19/h5-7,9-10,12-13,15,20H,4,8,11,14H2,1-3H3,(H,22,23)/t20-/m0/s1. The van der Waals surface area contributed by atoms with Crippen molar-refractivity contribution in [2.24, 2.45) is 0 Å². The van der Waals surface area contributed by atoms with Crippen LogP contribution in [-0.2, 0) is 4.79 Å². The number of carbonyl (C=O) groups excluding carboxylic acids is 1. The summed E-state index contributed by atoms with van der Waals surface area (Å²) in [6, 6.07) is 16.2. The molecule has 0 aliphatic carbocycles. The number of aryl methyl sites for hydroxylation is 2. The van der Waals surface area contributed by atoms with Crippen LogP contribution in [0.4, 0.5) is 0 Å². The topological polar surface area (TPSA) is 38.3 Å². The van der Waals surface area contributed by atoms with Crippen molar-refractivity contribution in [1.29, 1.82) is 0 Å². The number of hydrogen-bond donors (Lipinski definition) is 1. The number of ether oxygens (including phenoxy) is 1. The molecule has 0 radical (unpaired) electrons. The monoisotopic (exact) mass is 325 g/mol. The number of rotatable bonds is 8. The fraction of sp³-hybridized carbons (Fsp3) is 0.381. The fourth-order valence-corrected chi connectivity index (χ4v) is 2.61. The second-order valence-corrected chi connectivity index (χ2v) is 6.14. The van der Waals surface area contributed by atoms with E-state index in [2.05, 4.69) is 44.3 Å². The molecular formula is C21H27NO2. The van der Waals surface area contributed by atoms with Gasteiger partial charge in [-0.1, -0.05) is 43.3 Å². The number of carbonyl (C=O) groups is 1. The highest BCUT2D eigenvalue weighted by Gasteiger charge is 2.13. The molecular weight excluding hydrogens is 298 g/mol. The Balaban J connectivity index is 1.78. The minimum atomic E-state index is 0.0758. The van der Waals surface area contributed by atoms with E-state index in [0.717, 1.165) is 12.2 Å². The number of amides is 1. The van der Waals surface area contributed by atoms with Gasteiger partial charge in [0, 0.05) is 6.42 Å². The summed E-state index contributed by atoms with van der Waals surface area (Å²) < 4.78 is 5.62. The molecule has 0 fully saturated rings. The lowest BCUT2D eigenvalue weighted by atomic mass is 9.99. The molecule has 24 heavy (non-hydrogen) atoms. The van der Waals surface area contributed by atoms with Gasteiger partial charge in [-0.25, -0.2) is 0 Å². The van der Waals surface area contributed by atoms with E-state index in [1.165, 1.54) is 16.7 Å². The molecule has 0 heterocycles. The quantitative estimate of drug-likeness (QED) is 0.713. The van der Waals surface area contributed by atoms with Crippen LogP contribution in [0, 0.1) is 13.8 Å². The van der Waals surface area contributed by atoms with E-state index < -0.39 is 0 Å². The summed E-state index contributed by atoms with van der Waals surface area (Å²) in [6.45, 7) is 6.86. The molecule has 0 aliphatic heterocycles. The number of para-hydroxylation sites is 1. The number of benzene rings is 2. The molecule has 0 saturated heterocycles. The van der Waals surface area contributed by atoms with Crippen LogP contribution < -0.4 is 10.1 Å². The molecule has 0 saturated carbocycles. The van der Waals surface area contributed by atoms with Gasteiger partial charge in [0.15, 0.2) is 0 Å². The van der Waals surface area contributed by atoms with Crippen molar-refractivity contribution in [3.63, 3.8) is 0 Å². The highest BCUT2D eigenvalue weighted by Crippen LogP contribution is 2.20. The van der Waals surface area contributed by atoms with Gasteiger partial charge in [-0.3, -0.25) is 4.79 Å². The summed E-state index contributed by atoms with van der Waals surface area (Å²) in [7, 11) is 0. The van der Waals surface area contributed by atoms with E-state index in [9.17, 15) is 4.79 Å². The van der Waals surface area contributed by atoms with E-state index in [0.29, 0.717) is 19.4 Å². The average Bonchev–Trinajstić information content (AvgIpc) is 2.60. The summed E-state index contributed by atoms with van der Waals surface area (Å²) in [5, 5.41) is 3.13. The molecule has 0 unspecified atom stereocenters. The molecule has 0 aromatic heterocycles. The molecule has 0 aliphatic rings. The van der Waals surface area contributed by atoms with Crippen LogP contribution in [0.2, 0.25) is 0 Å². The van der Waals surface area contributed by atoms with Crippen molar-refractivity contribution in [1.82, 2.24) is 5.32 Å². The maximum atomic E-state index is 12.2. The zero-order chi connectivity index (χ0) is 17.4. The van der Waals surface area contributed by atoms with Crippen molar-refractivity contribution in [2.75, 3.05) is 6.61 Å². The lowest BCUT2D eigenvalue weighted by Crippen LogP contribution is -2.28. The lowest BCUT2D eigenvalue weighted by molar-refractivity contribution is -0.122. The van der Waals surface area contributed by atoms with Crippen molar-refractivity contribution >= 4 is 5.91 Å². The summed E-state index contributed by atoms with van der Waals surface area (Å²) >= 11 is 0. The smallest absolute Gasteiger partial charge is 0.220 e. The lowest BCUT2D eigenvalue weighted by Gasteiger charge is -2.18. The second-order valence-electron chi connectivity index (χ2n) is 6.14. The van der Waals surface area contributed by atoms with Gasteiger partial charge >= 0.3 is 0 Å². The van der Waals surface area contributed by atoms with Crippen molar-refractivity contribution in [3.05, 3.63) is 65.2 Å². The van der Waals surface area contributed by atoms with Crippen LogP contribution in [0.5, 0.6) is 5.75 Å². The Morgan fingerprint density at radius 2 is 1.83 bits per heavy atom. The Hall–Kier alpha value is -2.29. The van der Waals surface area contributed by atoms with Crippen LogP contribution in [0.15, 0.2) is 48.5 Å². The first-order valence-corrected chi connectivity index (χ1v) is 8.64. The molecule has 128 valence electrons. The molecule has 2 aromatic rings. The van der Waals surface area contributed by atoms with Gasteiger partial charge in [0.2, 0.25) is 5.91 Å². The van der Waals surface area contributed by atoms with Gasteiger partial charge in [0.1, 0.15) is 5.75 Å². The van der Waals surface area contributed by atoms with Gasteiger partial charge in [-0.2, -0.15) is 0 Å². The van der Waals surface area contributed by atoms with Crippen LogP contribution in [0.25, 0.3) is 0 Å². The van der Waals surface area contributed by atoms with Crippen LogP contribution >= 0.6 is 0 Å². The van der Waals surface area contributed by atoms with Crippen LogP contribution in [-0.4, -0.2) is 12.5 Å². The van der Waals surface area contributed by atoms with Crippen LogP contribution in [0.1, 0.15) is 48.9 Å². The minimum Gasteiger partial charge on any atom is -0.494 e. The third kappa shape index (κ3) is 5.41. The van der Waals surface area contributed by atoms with E-state index in [-0.39, 0.29) is 11.9 Å². The van der Waals surface area contributed by atoms with E-state index >= 15 is 0 Å². The Bertz CT molecular complexity index is 652. The average molecular weight is 325 g/mol. The summed E-state index contributed by atoms with van der Waals surface area (Å²) in [5.41, 5.74) is 3.71. The number of hydrogen-bond acceptors (Lipinski definition) is 2. The highest BCUT2D eigenvalue weighted by atomic mass is 16.5. The first-order valence-electron chi connectivity index (χ1n) is 8.64. The fourth-order valence-electron chi connectivity index (χ4n) is 2.61. The Morgan fingerprint density at radius 1 is 1.08 bits per heavy atom. The van der Waals surface area contributed by atoms with E-state index in [1.807, 2.05) is 30.3 Å². The SMILES string of the molecule is CC[C@H](NC(=O)CCCOc1ccccc1)c1ccc(C)c(C)c1. The Labute approximate surface area is 145 Å². The molecule has 0 bridgehead atoms. The third-order valence-corrected chi connectivity index (χ3v) is 4.24. The van der Waals surface area contributed by atoms with Crippen molar-refractivity contribution in [2.45, 2.75) is 46.1 Å². The molecule has 2 rings (SSSR count). The zero-order valence-electron chi connectivity index (χ0n) is 14.8. The largest absolute Gasteiger partial charge is 0.494 e. The maximum absolute atomic E-state index is 12.2. The molecule has 3 heteroatoms. The first-order chi connectivity index (χ1) is 11.6. The predicted molar refractivity (Wildman–Crippen MR) is 98.3 cm³/mol. The molecule has 1 N–H and O–H groups in total. The van der Waals surface area contributed by atoms with Gasteiger partial charge in [0.05, 0.1) is 12.6 Å². The Kier molecular flexibility index (Phi) is 6.86. The van der Waals surface area contributed by atoms with Crippen molar-refractivity contribution in [3.8, 4) is 5.75 Å². The van der Waals surface area contributed by atoms with Gasteiger partial charge in [-0.05, 0) is 55.5 Å². The first kappa shape index (κ1) is 18.1.